The van der Waals surface area contributed by atoms with Crippen molar-refractivity contribution in [1.82, 2.24) is 0 Å². The van der Waals surface area contributed by atoms with Crippen LogP contribution in [0.25, 0.3) is 0 Å². The van der Waals surface area contributed by atoms with E-state index in [9.17, 15) is 36.1 Å². The summed E-state index contributed by atoms with van der Waals surface area (Å²) in [5.41, 5.74) is 2.52. The Labute approximate surface area is 316 Å². The molecule has 2 aromatic rings. The van der Waals surface area contributed by atoms with Gasteiger partial charge in [-0.3, -0.25) is 9.35 Å². The van der Waals surface area contributed by atoms with Gasteiger partial charge in [-0.25, -0.2) is 9.59 Å². The Hall–Kier alpha value is -2.99. The number of alkyl halides is 2. The zero-order chi connectivity index (χ0) is 38.9. The molecule has 7 unspecified atom stereocenters. The first-order chi connectivity index (χ1) is 24.9. The molecule has 8 rings (SSSR count). The van der Waals surface area contributed by atoms with Crippen molar-refractivity contribution in [3.05, 3.63) is 68.8 Å². The minimum Gasteiger partial charge on any atom is -0.455 e. The van der Waals surface area contributed by atoms with Crippen LogP contribution < -0.4 is 0 Å². The number of carbonyl (C=O) groups excluding carboxylic acids is 3. The van der Waals surface area contributed by atoms with Crippen molar-refractivity contribution in [3.8, 4) is 0 Å². The van der Waals surface area contributed by atoms with Crippen molar-refractivity contribution in [1.29, 1.82) is 0 Å². The lowest BCUT2D eigenvalue weighted by atomic mass is 9.30. The van der Waals surface area contributed by atoms with Gasteiger partial charge in [-0.2, -0.15) is 17.2 Å². The summed E-state index contributed by atoms with van der Waals surface area (Å²) in [6.07, 6.45) is 2.67. The van der Waals surface area contributed by atoms with E-state index in [1.807, 2.05) is 65.3 Å². The summed E-state index contributed by atoms with van der Waals surface area (Å²) in [7, 11) is 6.07. The van der Waals surface area contributed by atoms with Crippen LogP contribution in [-0.4, -0.2) is 101 Å². The van der Waals surface area contributed by atoms with Crippen molar-refractivity contribution in [2.45, 2.75) is 99.5 Å². The molecule has 278 valence electrons. The minimum absolute atomic E-state index is 0.0405. The van der Waals surface area contributed by atoms with Gasteiger partial charge in [0, 0.05) is 18.3 Å². The summed E-state index contributed by atoms with van der Waals surface area (Å²) in [4.78, 5) is 43.3. The second kappa shape index (κ2) is 13.9. The summed E-state index contributed by atoms with van der Waals surface area (Å²) in [6.45, 7) is 0.721. The fourth-order valence-corrected chi connectivity index (χ4v) is 11.3. The van der Waals surface area contributed by atoms with E-state index in [0.29, 0.717) is 68.3 Å². The molecule has 0 aliphatic heterocycles. The first-order valence-electron chi connectivity index (χ1n) is 19.2. The number of hydrogen-bond acceptors (Lipinski definition) is 8. The van der Waals surface area contributed by atoms with E-state index in [1.54, 1.807) is 0 Å². The third-order valence-corrected chi connectivity index (χ3v) is 14.1. The number of benzene rings is 2. The highest BCUT2D eigenvalue weighted by Crippen LogP contribution is 2.78. The summed E-state index contributed by atoms with van der Waals surface area (Å²) in [6, 6.07) is 7.92. The molecular weight excluding hydrogens is 699 g/mol. The van der Waals surface area contributed by atoms with E-state index < -0.39 is 67.8 Å². The zero-order valence-electron chi connectivity index (χ0n) is 31.8. The molecule has 6 aliphatic rings. The van der Waals surface area contributed by atoms with E-state index in [2.05, 4.69) is 6.07 Å². The van der Waals surface area contributed by atoms with Crippen LogP contribution in [0.4, 0.5) is 8.78 Å². The highest BCUT2D eigenvalue weighted by Gasteiger charge is 2.84. The molecule has 0 radical (unpaired) electrons. The van der Waals surface area contributed by atoms with Crippen molar-refractivity contribution < 1.29 is 50.3 Å². The predicted octanol–water partition coefficient (Wildman–Crippen LogP) is -0.771. The maximum absolute atomic E-state index is 14.8. The molecule has 0 aromatic heterocycles. The molecule has 6 saturated carbocycles. The molecule has 6 bridgehead atoms. The summed E-state index contributed by atoms with van der Waals surface area (Å²) in [5, 5.41) is -4.77. The van der Waals surface area contributed by atoms with Crippen LogP contribution in [0.15, 0.2) is 24.3 Å². The van der Waals surface area contributed by atoms with E-state index in [4.69, 9.17) is 14.2 Å². The first-order valence-corrected chi connectivity index (χ1v) is 20.7. The number of halogens is 2. The maximum Gasteiger partial charge on any atom is 0.405 e. The van der Waals surface area contributed by atoms with Crippen LogP contribution in [-0.2, 0) is 67.0 Å². The summed E-state index contributed by atoms with van der Waals surface area (Å²) >= 11 is 0. The Kier molecular flexibility index (Phi) is 10.4. The molecule has 53 heavy (non-hydrogen) atoms. The highest BCUT2D eigenvalue weighted by molar-refractivity contribution is 7.86. The van der Waals surface area contributed by atoms with Crippen LogP contribution in [0.5, 0.6) is 0 Å². The van der Waals surface area contributed by atoms with Gasteiger partial charge in [0.15, 0.2) is 6.10 Å². The van der Waals surface area contributed by atoms with Crippen LogP contribution in [0.2, 0.25) is 0 Å². The topological polar surface area (TPSA) is 133 Å². The highest BCUT2D eigenvalue weighted by atomic mass is 32.2. The SMILES string of the molecule is BCc1cc(CB)c(CB)c(C(=O)OC23CC4CC(C(=O)OC(C)C(F)(F)S(=O)(=O)O)(C2)C2CC3C2(OC(=O)c2c(CB)ccc(CB)c2CB)C4)c1. The molecule has 0 spiro atoms. The Balaban J connectivity index is 1.45. The van der Waals surface area contributed by atoms with Crippen molar-refractivity contribution >= 4 is 75.1 Å². The van der Waals surface area contributed by atoms with E-state index in [-0.39, 0.29) is 18.8 Å². The van der Waals surface area contributed by atoms with Gasteiger partial charge in [0.2, 0.25) is 0 Å². The average molecular weight is 746 g/mol. The lowest BCUT2D eigenvalue weighted by Crippen LogP contribution is -2.83. The van der Waals surface area contributed by atoms with Gasteiger partial charge in [-0.15, -0.1) is 0 Å². The average Bonchev–Trinajstić information content (AvgIpc) is 3.10. The Morgan fingerprint density at radius 2 is 1.49 bits per heavy atom. The second-order valence-corrected chi connectivity index (χ2v) is 17.2. The molecule has 6 aliphatic carbocycles. The lowest BCUT2D eigenvalue weighted by Gasteiger charge is -2.77. The standard InChI is InChI=1S/C35H46B6F2O9S/c1-17(35(42,43)53(47,48)49)50-31(46)32-7-19-8-33(16-32,51-29(44)23-5-18(10-36)4-22(13-39)24(23)14-40)27-6-26(32)34(27,9-19)52-30(45)28-21(12-38)3-2-20(11-37)25(28)15-41/h2-5,17,19,26-27H,6-16,36-41H2,1H3,(H,47,48,49). The molecule has 6 fully saturated rings. The number of ether oxygens (including phenoxy) is 3. The number of hydrogen-bond donors (Lipinski definition) is 1. The van der Waals surface area contributed by atoms with Crippen LogP contribution in [0.1, 0.15) is 93.1 Å². The normalized spacial score (nSPS) is 28.9. The van der Waals surface area contributed by atoms with E-state index in [1.165, 1.54) is 0 Å². The number of rotatable bonds is 14. The smallest absolute Gasteiger partial charge is 0.405 e. The van der Waals surface area contributed by atoms with Gasteiger partial charge in [0.1, 0.15) is 58.3 Å². The van der Waals surface area contributed by atoms with Crippen molar-refractivity contribution in [3.63, 3.8) is 0 Å². The molecule has 9 nitrogen and oxygen atoms in total. The monoisotopic (exact) mass is 746 g/mol. The van der Waals surface area contributed by atoms with Gasteiger partial charge in [0.25, 0.3) is 0 Å². The zero-order valence-corrected chi connectivity index (χ0v) is 32.6. The van der Waals surface area contributed by atoms with E-state index >= 15 is 0 Å². The lowest BCUT2D eigenvalue weighted by molar-refractivity contribution is -0.356. The molecule has 7 atom stereocenters. The molecule has 1 N–H and O–H groups in total. The first kappa shape index (κ1) is 39.7. The van der Waals surface area contributed by atoms with Gasteiger partial charge in [0.05, 0.1) is 16.5 Å². The Bertz CT molecular complexity index is 1970. The second-order valence-electron chi connectivity index (χ2n) is 15.7. The van der Waals surface area contributed by atoms with E-state index in [0.717, 1.165) is 40.3 Å². The largest absolute Gasteiger partial charge is 0.455 e. The Morgan fingerprint density at radius 1 is 0.849 bits per heavy atom. The molecule has 2 aromatic carbocycles. The predicted molar refractivity (Wildman–Crippen MR) is 211 cm³/mol. The molecule has 0 saturated heterocycles. The van der Waals surface area contributed by atoms with Gasteiger partial charge >= 0.3 is 33.3 Å². The molecule has 18 heteroatoms. The fraction of sp³-hybridized carbons (Fsp3) is 0.571. The number of esters is 3. The van der Waals surface area contributed by atoms with Crippen molar-refractivity contribution in [2.24, 2.45) is 23.2 Å². The summed E-state index contributed by atoms with van der Waals surface area (Å²) < 4.78 is 80.7. The van der Waals surface area contributed by atoms with Crippen LogP contribution in [0, 0.1) is 23.2 Å². The molecule has 0 amide bonds. The fourth-order valence-electron chi connectivity index (χ4n) is 10.8. The maximum atomic E-state index is 14.8. The molecule has 0 heterocycles. The minimum atomic E-state index is -5.91. The van der Waals surface area contributed by atoms with Crippen molar-refractivity contribution in [2.75, 3.05) is 0 Å². The van der Waals surface area contributed by atoms with Crippen LogP contribution >= 0.6 is 0 Å². The van der Waals surface area contributed by atoms with Gasteiger partial charge in [-0.05, 0) is 61.3 Å². The van der Waals surface area contributed by atoms with Gasteiger partial charge in [-0.1, -0.05) is 72.8 Å². The number of carbonyl (C=O) groups is 3. The Morgan fingerprint density at radius 3 is 2.08 bits per heavy atom. The molecular formula is C35H46B6F2O9S. The van der Waals surface area contributed by atoms with Gasteiger partial charge < -0.3 is 14.2 Å². The third-order valence-electron chi connectivity index (χ3n) is 13.1. The summed E-state index contributed by atoms with van der Waals surface area (Å²) in [5.74, 6) is -3.55. The quantitative estimate of drug-likeness (QED) is 0.115. The van der Waals surface area contributed by atoms with Crippen LogP contribution in [0.3, 0.4) is 0 Å². The third kappa shape index (κ3) is 6.03.